The normalized spacial score (nSPS) is 35.9. The van der Waals surface area contributed by atoms with Gasteiger partial charge >= 0.3 is 0 Å². The molecule has 1 saturated carbocycles. The molecule has 104 valence electrons. The predicted octanol–water partition coefficient (Wildman–Crippen LogP) is 0.373. The Labute approximate surface area is 108 Å². The maximum atomic E-state index is 12.0. The second-order valence-corrected chi connectivity index (χ2v) is 7.62. The lowest BCUT2D eigenvalue weighted by atomic mass is 9.92. The number of aliphatic hydroxyl groups excluding tert-OH is 1. The molecule has 1 aliphatic heterocycles. The molecule has 1 aliphatic carbocycles. The minimum absolute atomic E-state index is 0.109. The van der Waals surface area contributed by atoms with Crippen LogP contribution in [0.5, 0.6) is 0 Å². The third kappa shape index (κ3) is 3.03. The van der Waals surface area contributed by atoms with Gasteiger partial charge in [0.25, 0.3) is 0 Å². The van der Waals surface area contributed by atoms with Crippen molar-refractivity contribution >= 4 is 15.7 Å². The number of carbonyl (C=O) groups excluding carboxylic acids is 1. The third-order valence-corrected chi connectivity index (χ3v) is 6.10. The van der Waals surface area contributed by atoms with E-state index in [0.717, 1.165) is 25.7 Å². The van der Waals surface area contributed by atoms with Gasteiger partial charge in [0.2, 0.25) is 5.91 Å². The lowest BCUT2D eigenvalue weighted by molar-refractivity contribution is -0.122. The molecule has 5 nitrogen and oxygen atoms in total. The first kappa shape index (κ1) is 13.8. The van der Waals surface area contributed by atoms with Gasteiger partial charge in [-0.15, -0.1) is 0 Å². The number of sulfone groups is 1. The first-order valence-electron chi connectivity index (χ1n) is 6.71. The average molecular weight is 275 g/mol. The molecule has 0 aromatic carbocycles. The standard InChI is InChI=1S/C12H21NO4S/c14-10-6-2-1-5-9(10)13-12(15)11-7-3-4-8-18(11,16)17/h9-11,14H,1-8H2,(H,13,15). The SMILES string of the molecule is O=C(NC1CCCCC1O)C1CCCCS1(=O)=O. The summed E-state index contributed by atoms with van der Waals surface area (Å²) in [6.45, 7) is 0. The van der Waals surface area contributed by atoms with Crippen molar-refractivity contribution in [1.29, 1.82) is 0 Å². The van der Waals surface area contributed by atoms with Crippen molar-refractivity contribution in [3.63, 3.8) is 0 Å². The molecule has 3 atom stereocenters. The van der Waals surface area contributed by atoms with Gasteiger partial charge in [-0.3, -0.25) is 4.79 Å². The molecule has 0 radical (unpaired) electrons. The molecule has 2 fully saturated rings. The average Bonchev–Trinajstić information content (AvgIpc) is 2.31. The Kier molecular flexibility index (Phi) is 4.27. The molecule has 2 N–H and O–H groups in total. The Morgan fingerprint density at radius 3 is 2.39 bits per heavy atom. The number of amides is 1. The van der Waals surface area contributed by atoms with Gasteiger partial charge in [0.05, 0.1) is 17.9 Å². The van der Waals surface area contributed by atoms with Crippen LogP contribution in [0, 0.1) is 0 Å². The minimum atomic E-state index is -3.28. The number of carbonyl (C=O) groups is 1. The molecule has 2 rings (SSSR count). The molecule has 1 saturated heterocycles. The van der Waals surface area contributed by atoms with E-state index in [2.05, 4.69) is 5.32 Å². The van der Waals surface area contributed by atoms with Gasteiger partial charge in [0.15, 0.2) is 9.84 Å². The van der Waals surface area contributed by atoms with E-state index in [1.54, 1.807) is 0 Å². The molecule has 6 heteroatoms. The summed E-state index contributed by atoms with van der Waals surface area (Å²) in [6, 6.07) is -0.275. The van der Waals surface area contributed by atoms with Gasteiger partial charge in [-0.2, -0.15) is 0 Å². The van der Waals surface area contributed by atoms with E-state index in [0.29, 0.717) is 19.3 Å². The van der Waals surface area contributed by atoms with Crippen molar-refractivity contribution in [2.24, 2.45) is 0 Å². The summed E-state index contributed by atoms with van der Waals surface area (Å²) in [5, 5.41) is 11.6. The zero-order chi connectivity index (χ0) is 13.2. The smallest absolute Gasteiger partial charge is 0.238 e. The van der Waals surface area contributed by atoms with Crippen LogP contribution < -0.4 is 5.32 Å². The summed E-state index contributed by atoms with van der Waals surface area (Å²) in [7, 11) is -3.28. The highest BCUT2D eigenvalue weighted by molar-refractivity contribution is 7.92. The summed E-state index contributed by atoms with van der Waals surface area (Å²) in [5.74, 6) is -0.307. The Hall–Kier alpha value is -0.620. The van der Waals surface area contributed by atoms with Crippen LogP contribution in [0.4, 0.5) is 0 Å². The Bertz CT molecular complexity index is 406. The van der Waals surface area contributed by atoms with E-state index >= 15 is 0 Å². The Balaban J connectivity index is 1.98. The van der Waals surface area contributed by atoms with Crippen LogP contribution in [0.1, 0.15) is 44.9 Å². The van der Waals surface area contributed by atoms with Gasteiger partial charge < -0.3 is 10.4 Å². The number of nitrogens with one attached hydrogen (secondary N) is 1. The van der Waals surface area contributed by atoms with E-state index < -0.39 is 27.1 Å². The fraction of sp³-hybridized carbons (Fsp3) is 0.917. The van der Waals surface area contributed by atoms with Gasteiger partial charge in [0, 0.05) is 0 Å². The van der Waals surface area contributed by atoms with Crippen molar-refractivity contribution in [1.82, 2.24) is 5.32 Å². The number of hydrogen-bond acceptors (Lipinski definition) is 4. The zero-order valence-electron chi connectivity index (χ0n) is 10.5. The molecule has 0 aromatic rings. The van der Waals surface area contributed by atoms with Crippen molar-refractivity contribution in [2.45, 2.75) is 62.3 Å². The van der Waals surface area contributed by atoms with Gasteiger partial charge in [-0.1, -0.05) is 19.3 Å². The van der Waals surface area contributed by atoms with Crippen LogP contribution in [0.3, 0.4) is 0 Å². The van der Waals surface area contributed by atoms with Crippen molar-refractivity contribution in [3.05, 3.63) is 0 Å². The highest BCUT2D eigenvalue weighted by atomic mass is 32.2. The molecule has 3 unspecified atom stereocenters. The molecular weight excluding hydrogens is 254 g/mol. The molecule has 0 spiro atoms. The fourth-order valence-electron chi connectivity index (χ4n) is 2.80. The number of hydrogen-bond donors (Lipinski definition) is 2. The zero-order valence-corrected chi connectivity index (χ0v) is 11.3. The highest BCUT2D eigenvalue weighted by Gasteiger charge is 2.36. The van der Waals surface area contributed by atoms with Gasteiger partial charge in [0.1, 0.15) is 5.25 Å². The highest BCUT2D eigenvalue weighted by Crippen LogP contribution is 2.22. The van der Waals surface area contributed by atoms with Crippen molar-refractivity contribution < 1.29 is 18.3 Å². The molecule has 2 aliphatic rings. The van der Waals surface area contributed by atoms with E-state index in [-0.39, 0.29) is 11.8 Å². The molecule has 1 amide bonds. The van der Waals surface area contributed by atoms with Crippen LogP contribution in [-0.2, 0) is 14.6 Å². The summed E-state index contributed by atoms with van der Waals surface area (Å²) >= 11 is 0. The van der Waals surface area contributed by atoms with Crippen LogP contribution in [-0.4, -0.2) is 42.6 Å². The maximum absolute atomic E-state index is 12.0. The van der Waals surface area contributed by atoms with Crippen LogP contribution in [0.25, 0.3) is 0 Å². The topological polar surface area (TPSA) is 83.5 Å². The maximum Gasteiger partial charge on any atom is 0.238 e. The molecular formula is C12H21NO4S. The van der Waals surface area contributed by atoms with Crippen LogP contribution in [0.15, 0.2) is 0 Å². The molecule has 18 heavy (non-hydrogen) atoms. The number of aliphatic hydroxyl groups is 1. The van der Waals surface area contributed by atoms with E-state index in [4.69, 9.17) is 0 Å². The quantitative estimate of drug-likeness (QED) is 0.763. The lowest BCUT2D eigenvalue weighted by Gasteiger charge is -2.30. The van der Waals surface area contributed by atoms with Crippen LogP contribution >= 0.6 is 0 Å². The number of rotatable bonds is 2. The summed E-state index contributed by atoms with van der Waals surface area (Å²) in [4.78, 5) is 12.0. The third-order valence-electron chi connectivity index (χ3n) is 3.93. The second kappa shape index (κ2) is 5.57. The van der Waals surface area contributed by atoms with Crippen molar-refractivity contribution in [3.8, 4) is 0 Å². The van der Waals surface area contributed by atoms with Crippen molar-refractivity contribution in [2.75, 3.05) is 5.75 Å². The van der Waals surface area contributed by atoms with Gasteiger partial charge in [-0.05, 0) is 25.7 Å². The van der Waals surface area contributed by atoms with Gasteiger partial charge in [-0.25, -0.2) is 8.42 Å². The second-order valence-electron chi connectivity index (χ2n) is 5.32. The predicted molar refractivity (Wildman–Crippen MR) is 67.8 cm³/mol. The molecule has 0 aromatic heterocycles. The molecule has 1 heterocycles. The summed E-state index contributed by atoms with van der Waals surface area (Å²) in [6.07, 6.45) is 4.67. The Morgan fingerprint density at radius 1 is 1.06 bits per heavy atom. The van der Waals surface area contributed by atoms with E-state index in [9.17, 15) is 18.3 Å². The van der Waals surface area contributed by atoms with Crippen LogP contribution in [0.2, 0.25) is 0 Å². The summed E-state index contributed by atoms with van der Waals surface area (Å²) in [5.41, 5.74) is 0. The van der Waals surface area contributed by atoms with E-state index in [1.165, 1.54) is 0 Å². The Morgan fingerprint density at radius 2 is 1.72 bits per heavy atom. The first-order valence-corrected chi connectivity index (χ1v) is 8.42. The monoisotopic (exact) mass is 275 g/mol. The summed E-state index contributed by atoms with van der Waals surface area (Å²) < 4.78 is 23.6. The fourth-order valence-corrected chi connectivity index (χ4v) is 4.62. The molecule has 0 bridgehead atoms. The lowest BCUT2D eigenvalue weighted by Crippen LogP contribution is -2.51. The minimum Gasteiger partial charge on any atom is -0.391 e. The largest absolute Gasteiger partial charge is 0.391 e. The van der Waals surface area contributed by atoms with E-state index in [1.807, 2.05) is 0 Å². The first-order chi connectivity index (χ1) is 8.50.